The zero-order valence-electron chi connectivity index (χ0n) is 5.25. The van der Waals surface area contributed by atoms with Crippen molar-refractivity contribution in [2.24, 2.45) is 0 Å². The Morgan fingerprint density at radius 3 is 3.20 bits per heavy atom. The van der Waals surface area contributed by atoms with E-state index in [1.54, 1.807) is 0 Å². The van der Waals surface area contributed by atoms with Crippen LogP contribution in [0.1, 0.15) is 5.82 Å². The molecule has 3 nitrogen and oxygen atoms in total. The van der Waals surface area contributed by atoms with Crippen LogP contribution in [0.15, 0.2) is 4.73 Å². The largest absolute Gasteiger partial charge is 0.304 e. The third kappa shape index (κ3) is 0.971. The van der Waals surface area contributed by atoms with Gasteiger partial charge in [0.2, 0.25) is 0 Å². The highest BCUT2D eigenvalue weighted by Gasteiger charge is 2.13. The van der Waals surface area contributed by atoms with Gasteiger partial charge in [-0.2, -0.15) is 11.8 Å². The maximum atomic E-state index is 4.00. The third-order valence-electron chi connectivity index (χ3n) is 1.47. The highest BCUT2D eigenvalue weighted by Crippen LogP contribution is 2.20. The summed E-state index contributed by atoms with van der Waals surface area (Å²) in [5.74, 6) is 3.26. The van der Waals surface area contributed by atoms with E-state index in [2.05, 4.69) is 30.7 Å². The Labute approximate surface area is 71.3 Å². The number of nitrogens with zero attached hydrogens (tertiary/aromatic N) is 3. The molecule has 1 aromatic heterocycles. The van der Waals surface area contributed by atoms with E-state index in [1.807, 2.05) is 11.8 Å². The summed E-state index contributed by atoms with van der Waals surface area (Å²) >= 11 is 5.24. The number of halogens is 1. The van der Waals surface area contributed by atoms with Crippen molar-refractivity contribution in [3.63, 3.8) is 0 Å². The first-order valence-electron chi connectivity index (χ1n) is 3.03. The van der Waals surface area contributed by atoms with Crippen LogP contribution in [0, 0.1) is 0 Å². The van der Waals surface area contributed by atoms with E-state index in [-0.39, 0.29) is 0 Å². The lowest BCUT2D eigenvalue weighted by Gasteiger charge is -2.11. The van der Waals surface area contributed by atoms with Gasteiger partial charge in [-0.25, -0.2) is 0 Å². The Morgan fingerprint density at radius 2 is 2.40 bits per heavy atom. The molecule has 0 saturated carbocycles. The van der Waals surface area contributed by atoms with E-state index in [9.17, 15) is 0 Å². The third-order valence-corrected chi connectivity index (χ3v) is 2.99. The first-order valence-corrected chi connectivity index (χ1v) is 4.98. The molecule has 0 amide bonds. The van der Waals surface area contributed by atoms with E-state index in [0.29, 0.717) is 0 Å². The molecule has 0 radical (unpaired) electrons. The summed E-state index contributed by atoms with van der Waals surface area (Å²) in [6, 6.07) is 0. The summed E-state index contributed by atoms with van der Waals surface area (Å²) in [7, 11) is 0. The van der Waals surface area contributed by atoms with Crippen LogP contribution in [-0.4, -0.2) is 20.5 Å². The molecule has 0 bridgehead atoms. The quantitative estimate of drug-likeness (QED) is 0.660. The minimum atomic E-state index is 0.864. The van der Waals surface area contributed by atoms with Gasteiger partial charge in [-0.1, -0.05) is 0 Å². The molecule has 1 aliphatic rings. The molecule has 10 heavy (non-hydrogen) atoms. The summed E-state index contributed by atoms with van der Waals surface area (Å²) < 4.78 is 2.97. The lowest BCUT2D eigenvalue weighted by atomic mass is 10.6. The summed E-state index contributed by atoms with van der Waals surface area (Å²) in [4.78, 5) is 0. The Kier molecular flexibility index (Phi) is 1.69. The highest BCUT2D eigenvalue weighted by molar-refractivity contribution is 9.10. The lowest BCUT2D eigenvalue weighted by molar-refractivity contribution is 0.702. The molecule has 2 heterocycles. The van der Waals surface area contributed by atoms with E-state index < -0.39 is 0 Å². The van der Waals surface area contributed by atoms with Crippen molar-refractivity contribution in [1.29, 1.82) is 0 Å². The van der Waals surface area contributed by atoms with Crippen molar-refractivity contribution in [2.75, 3.05) is 5.75 Å². The molecule has 0 N–H and O–H groups in total. The number of hydrogen-bond acceptors (Lipinski definition) is 3. The Bertz CT molecular complexity index is 247. The molecule has 54 valence electrons. The lowest BCUT2D eigenvalue weighted by Crippen LogP contribution is -2.10. The number of thioether (sulfide) groups is 1. The smallest absolute Gasteiger partial charge is 0.200 e. The minimum absolute atomic E-state index is 0.864. The molecule has 0 aliphatic carbocycles. The fourth-order valence-corrected chi connectivity index (χ4v) is 2.27. The topological polar surface area (TPSA) is 30.7 Å². The van der Waals surface area contributed by atoms with Gasteiger partial charge in [0.25, 0.3) is 0 Å². The normalized spacial score (nSPS) is 16.9. The van der Waals surface area contributed by atoms with Crippen molar-refractivity contribution in [3.05, 3.63) is 10.6 Å². The van der Waals surface area contributed by atoms with Gasteiger partial charge in [-0.3, -0.25) is 0 Å². The Balaban J connectivity index is 2.45. The molecule has 0 aromatic carbocycles. The number of hydrogen-bond donors (Lipinski definition) is 0. The summed E-state index contributed by atoms with van der Waals surface area (Å²) in [5, 5.41) is 7.92. The first-order chi connectivity index (χ1) is 4.88. The van der Waals surface area contributed by atoms with Gasteiger partial charge in [0, 0.05) is 12.3 Å². The zero-order valence-corrected chi connectivity index (χ0v) is 7.65. The molecule has 5 heteroatoms. The van der Waals surface area contributed by atoms with Gasteiger partial charge < -0.3 is 4.57 Å². The van der Waals surface area contributed by atoms with E-state index in [0.717, 1.165) is 22.9 Å². The number of fused-ring (bicyclic) bond motifs is 1. The van der Waals surface area contributed by atoms with Crippen LogP contribution in [0.2, 0.25) is 0 Å². The van der Waals surface area contributed by atoms with Crippen LogP contribution in [-0.2, 0) is 12.3 Å². The average molecular weight is 220 g/mol. The number of aromatic nitrogens is 3. The Morgan fingerprint density at radius 1 is 1.50 bits per heavy atom. The molecule has 0 atom stereocenters. The van der Waals surface area contributed by atoms with Gasteiger partial charge in [0.15, 0.2) is 4.73 Å². The standard InChI is InChI=1S/C5H6BrN3S/c6-5-8-7-4-3-10-2-1-9(4)5/h1-3H2. The highest BCUT2D eigenvalue weighted by atomic mass is 79.9. The maximum absolute atomic E-state index is 4.00. The van der Waals surface area contributed by atoms with E-state index in [4.69, 9.17) is 0 Å². The molecular weight excluding hydrogens is 214 g/mol. The van der Waals surface area contributed by atoms with Gasteiger partial charge >= 0.3 is 0 Å². The molecule has 2 rings (SSSR count). The molecular formula is C5H6BrN3S. The van der Waals surface area contributed by atoms with Crippen LogP contribution >= 0.6 is 27.7 Å². The Hall–Kier alpha value is -0.0300. The fourth-order valence-electron chi connectivity index (χ4n) is 0.961. The van der Waals surface area contributed by atoms with Gasteiger partial charge in [0.05, 0.1) is 5.75 Å². The minimum Gasteiger partial charge on any atom is -0.304 e. The SMILES string of the molecule is Brc1nnc2n1CCSC2. The van der Waals surface area contributed by atoms with E-state index >= 15 is 0 Å². The molecule has 1 aliphatic heterocycles. The molecule has 0 saturated heterocycles. The van der Waals surface area contributed by atoms with Crippen molar-refractivity contribution < 1.29 is 0 Å². The van der Waals surface area contributed by atoms with Crippen LogP contribution < -0.4 is 0 Å². The van der Waals surface area contributed by atoms with Crippen molar-refractivity contribution >= 4 is 27.7 Å². The van der Waals surface area contributed by atoms with E-state index in [1.165, 1.54) is 5.75 Å². The van der Waals surface area contributed by atoms with Crippen molar-refractivity contribution in [3.8, 4) is 0 Å². The zero-order chi connectivity index (χ0) is 6.97. The monoisotopic (exact) mass is 219 g/mol. The van der Waals surface area contributed by atoms with Gasteiger partial charge in [-0.05, 0) is 15.9 Å². The van der Waals surface area contributed by atoms with Crippen LogP contribution in [0.5, 0.6) is 0 Å². The predicted molar refractivity (Wildman–Crippen MR) is 43.9 cm³/mol. The summed E-state index contributed by atoms with van der Waals surface area (Å²) in [5.41, 5.74) is 0. The van der Waals surface area contributed by atoms with Crippen LogP contribution in [0.3, 0.4) is 0 Å². The van der Waals surface area contributed by atoms with Crippen LogP contribution in [0.25, 0.3) is 0 Å². The van der Waals surface area contributed by atoms with Crippen molar-refractivity contribution in [1.82, 2.24) is 14.8 Å². The van der Waals surface area contributed by atoms with Crippen LogP contribution in [0.4, 0.5) is 0 Å². The molecule has 1 aromatic rings. The first kappa shape index (κ1) is 6.67. The second-order valence-electron chi connectivity index (χ2n) is 2.09. The summed E-state index contributed by atoms with van der Waals surface area (Å²) in [6.45, 7) is 1.04. The van der Waals surface area contributed by atoms with Gasteiger partial charge in [0.1, 0.15) is 5.82 Å². The molecule has 0 spiro atoms. The second-order valence-corrected chi connectivity index (χ2v) is 3.90. The number of rotatable bonds is 0. The van der Waals surface area contributed by atoms with Gasteiger partial charge in [-0.15, -0.1) is 10.2 Å². The average Bonchev–Trinajstić information content (AvgIpc) is 2.34. The summed E-state index contributed by atoms with van der Waals surface area (Å²) in [6.07, 6.45) is 0. The fraction of sp³-hybridized carbons (Fsp3) is 0.600. The molecule has 0 fully saturated rings. The maximum Gasteiger partial charge on any atom is 0.200 e. The van der Waals surface area contributed by atoms with Crippen molar-refractivity contribution in [2.45, 2.75) is 12.3 Å². The molecule has 0 unspecified atom stereocenters. The predicted octanol–water partition coefficient (Wildman–Crippen LogP) is 1.29. The second kappa shape index (κ2) is 2.54.